The highest BCUT2D eigenvalue weighted by atomic mass is 35.5. The first-order chi connectivity index (χ1) is 17.9. The molecule has 1 fully saturated rings. The Balaban J connectivity index is 1.55. The van der Waals surface area contributed by atoms with Crippen molar-refractivity contribution in [1.29, 1.82) is 5.26 Å². The van der Waals surface area contributed by atoms with Gasteiger partial charge in [-0.3, -0.25) is 4.79 Å². The van der Waals surface area contributed by atoms with Gasteiger partial charge in [0.15, 0.2) is 0 Å². The van der Waals surface area contributed by atoms with Gasteiger partial charge in [0.25, 0.3) is 5.91 Å². The molecule has 0 spiro atoms. The molecule has 3 aromatic carbocycles. The summed E-state index contributed by atoms with van der Waals surface area (Å²) in [6.07, 6.45) is 1.22. The lowest BCUT2D eigenvalue weighted by Crippen LogP contribution is -2.40. The Kier molecular flexibility index (Phi) is 8.58. The molecule has 0 radical (unpaired) electrons. The zero-order valence-electron chi connectivity index (χ0n) is 19.8. The minimum absolute atomic E-state index is 0.0471. The van der Waals surface area contributed by atoms with Gasteiger partial charge in [-0.25, -0.2) is 8.42 Å². The van der Waals surface area contributed by atoms with Crippen LogP contribution in [0, 0.1) is 11.3 Å². The standard InChI is InChI=1S/C27H25ClN4O4S/c28-24-12-11-23(37(34,35)32-13-15-36-16-14-32)17-25(24)30-19-22(18-29)27(33)31-26(20-7-3-1-4-8-20)21-9-5-2-6-10-21/h1-12,17,19,26,30H,13-16H2,(H,31,33)/b22-19-. The van der Waals surface area contributed by atoms with Gasteiger partial charge in [0, 0.05) is 19.3 Å². The number of benzene rings is 3. The number of amides is 1. The van der Waals surface area contributed by atoms with Gasteiger partial charge in [0.2, 0.25) is 10.0 Å². The number of carbonyl (C=O) groups excluding carboxylic acids is 1. The monoisotopic (exact) mass is 536 g/mol. The van der Waals surface area contributed by atoms with Crippen LogP contribution in [-0.4, -0.2) is 44.9 Å². The number of nitrogens with one attached hydrogen (secondary N) is 2. The summed E-state index contributed by atoms with van der Waals surface area (Å²) >= 11 is 6.28. The number of hydrogen-bond acceptors (Lipinski definition) is 6. The van der Waals surface area contributed by atoms with E-state index in [4.69, 9.17) is 16.3 Å². The number of rotatable bonds is 8. The molecule has 0 bridgehead atoms. The number of halogens is 1. The molecular formula is C27H25ClN4O4S. The highest BCUT2D eigenvalue weighted by Gasteiger charge is 2.27. The lowest BCUT2D eigenvalue weighted by Gasteiger charge is -2.26. The van der Waals surface area contributed by atoms with Crippen molar-refractivity contribution in [2.75, 3.05) is 31.6 Å². The van der Waals surface area contributed by atoms with Crippen LogP contribution < -0.4 is 10.6 Å². The second kappa shape index (κ2) is 12.0. The third-order valence-corrected chi connectivity index (χ3v) is 8.05. The molecule has 8 nitrogen and oxygen atoms in total. The van der Waals surface area contributed by atoms with Crippen LogP contribution in [-0.2, 0) is 19.6 Å². The third kappa shape index (κ3) is 6.37. The first-order valence-corrected chi connectivity index (χ1v) is 13.4. The van der Waals surface area contributed by atoms with E-state index < -0.39 is 22.0 Å². The van der Waals surface area contributed by atoms with Crippen molar-refractivity contribution in [1.82, 2.24) is 9.62 Å². The fourth-order valence-corrected chi connectivity index (χ4v) is 5.48. The van der Waals surface area contributed by atoms with Gasteiger partial charge < -0.3 is 15.4 Å². The highest BCUT2D eigenvalue weighted by Crippen LogP contribution is 2.28. The second-order valence-corrected chi connectivity index (χ2v) is 10.5. The van der Waals surface area contributed by atoms with Crippen LogP contribution in [0.1, 0.15) is 17.2 Å². The predicted octanol–water partition coefficient (Wildman–Crippen LogP) is 4.09. The molecule has 0 aliphatic carbocycles. The Morgan fingerprint density at radius 1 is 1.00 bits per heavy atom. The van der Waals surface area contributed by atoms with Crippen LogP contribution in [0.5, 0.6) is 0 Å². The second-order valence-electron chi connectivity index (χ2n) is 8.20. The Bertz CT molecular complexity index is 1380. The summed E-state index contributed by atoms with van der Waals surface area (Å²) in [5, 5.41) is 15.7. The molecule has 0 aromatic heterocycles. The molecule has 0 unspecified atom stereocenters. The number of carbonyl (C=O) groups is 1. The largest absolute Gasteiger partial charge is 0.379 e. The van der Waals surface area contributed by atoms with E-state index in [1.54, 1.807) is 0 Å². The maximum atomic E-state index is 13.1. The van der Waals surface area contributed by atoms with Crippen molar-refractivity contribution in [3.63, 3.8) is 0 Å². The molecule has 190 valence electrons. The number of nitriles is 1. The molecule has 1 saturated heterocycles. The van der Waals surface area contributed by atoms with Crippen molar-refractivity contribution in [2.24, 2.45) is 0 Å². The van der Waals surface area contributed by atoms with Crippen molar-refractivity contribution in [2.45, 2.75) is 10.9 Å². The summed E-state index contributed by atoms with van der Waals surface area (Å²) in [6.45, 7) is 1.18. The first kappa shape index (κ1) is 26.4. The Hall–Kier alpha value is -3.68. The van der Waals surface area contributed by atoms with Crippen molar-refractivity contribution < 1.29 is 17.9 Å². The molecule has 1 heterocycles. The minimum atomic E-state index is -3.75. The SMILES string of the molecule is N#C/C(=C/Nc1cc(S(=O)(=O)N2CCOCC2)ccc1Cl)C(=O)NC(c1ccccc1)c1ccccc1. The van der Waals surface area contributed by atoms with Gasteiger partial charge in [0.1, 0.15) is 11.6 Å². The molecular weight excluding hydrogens is 512 g/mol. The fourth-order valence-electron chi connectivity index (χ4n) is 3.87. The van der Waals surface area contributed by atoms with E-state index >= 15 is 0 Å². The number of sulfonamides is 1. The molecule has 1 aliphatic heterocycles. The number of nitrogens with zero attached hydrogens (tertiary/aromatic N) is 2. The van der Waals surface area contributed by atoms with Gasteiger partial charge >= 0.3 is 0 Å². The zero-order valence-corrected chi connectivity index (χ0v) is 21.4. The van der Waals surface area contributed by atoms with Crippen molar-refractivity contribution >= 4 is 33.2 Å². The highest BCUT2D eigenvalue weighted by molar-refractivity contribution is 7.89. The lowest BCUT2D eigenvalue weighted by atomic mass is 9.98. The van der Waals surface area contributed by atoms with Crippen LogP contribution >= 0.6 is 11.6 Å². The van der Waals surface area contributed by atoms with E-state index in [0.29, 0.717) is 13.2 Å². The topological polar surface area (TPSA) is 112 Å². The van der Waals surface area contributed by atoms with Crippen LogP contribution in [0.3, 0.4) is 0 Å². The van der Waals surface area contributed by atoms with Crippen LogP contribution in [0.25, 0.3) is 0 Å². The van der Waals surface area contributed by atoms with Crippen LogP contribution in [0.15, 0.2) is 95.5 Å². The molecule has 1 amide bonds. The Morgan fingerprint density at radius 3 is 2.16 bits per heavy atom. The summed E-state index contributed by atoms with van der Waals surface area (Å²) in [5.41, 5.74) is 1.77. The maximum Gasteiger partial charge on any atom is 0.264 e. The van der Waals surface area contributed by atoms with E-state index in [2.05, 4.69) is 10.6 Å². The maximum absolute atomic E-state index is 13.1. The number of ether oxygens (including phenoxy) is 1. The number of morpholine rings is 1. The molecule has 0 atom stereocenters. The zero-order chi connectivity index (χ0) is 26.3. The lowest BCUT2D eigenvalue weighted by molar-refractivity contribution is -0.117. The minimum Gasteiger partial charge on any atom is -0.379 e. The average molecular weight is 537 g/mol. The van der Waals surface area contributed by atoms with Gasteiger partial charge in [-0.1, -0.05) is 72.3 Å². The van der Waals surface area contributed by atoms with Gasteiger partial charge in [-0.15, -0.1) is 0 Å². The summed E-state index contributed by atoms with van der Waals surface area (Å²) in [4.78, 5) is 13.1. The fraction of sp³-hybridized carbons (Fsp3) is 0.185. The predicted molar refractivity (Wildman–Crippen MR) is 141 cm³/mol. The molecule has 3 aromatic rings. The molecule has 2 N–H and O–H groups in total. The van der Waals surface area contributed by atoms with Crippen LogP contribution in [0.2, 0.25) is 5.02 Å². The summed E-state index contributed by atoms with van der Waals surface area (Å²) in [7, 11) is -3.75. The van der Waals surface area contributed by atoms with Gasteiger partial charge in [0.05, 0.1) is 34.9 Å². The summed E-state index contributed by atoms with van der Waals surface area (Å²) < 4.78 is 32.6. The first-order valence-electron chi connectivity index (χ1n) is 11.5. The van der Waals surface area contributed by atoms with Gasteiger partial charge in [-0.05, 0) is 29.3 Å². The van der Waals surface area contributed by atoms with Gasteiger partial charge in [-0.2, -0.15) is 9.57 Å². The normalized spacial score (nSPS) is 14.7. The molecule has 1 aliphatic rings. The smallest absolute Gasteiger partial charge is 0.264 e. The Morgan fingerprint density at radius 2 is 1.59 bits per heavy atom. The van der Waals surface area contributed by atoms with E-state index in [1.807, 2.05) is 66.7 Å². The van der Waals surface area contributed by atoms with E-state index in [1.165, 1.54) is 28.7 Å². The summed E-state index contributed by atoms with van der Waals surface area (Å²) in [6, 6.07) is 24.5. The summed E-state index contributed by atoms with van der Waals surface area (Å²) in [5.74, 6) is -0.596. The number of hydrogen-bond donors (Lipinski definition) is 2. The third-order valence-electron chi connectivity index (χ3n) is 5.82. The molecule has 4 rings (SSSR count). The molecule has 10 heteroatoms. The van der Waals surface area contributed by atoms with E-state index in [0.717, 1.165) is 11.1 Å². The Labute approximate surface area is 221 Å². The number of anilines is 1. The molecule has 37 heavy (non-hydrogen) atoms. The average Bonchev–Trinajstić information content (AvgIpc) is 2.94. The van der Waals surface area contributed by atoms with E-state index in [-0.39, 0.29) is 34.3 Å². The molecule has 0 saturated carbocycles. The van der Waals surface area contributed by atoms with E-state index in [9.17, 15) is 18.5 Å². The quantitative estimate of drug-likeness (QED) is 0.331. The van der Waals surface area contributed by atoms with Crippen LogP contribution in [0.4, 0.5) is 5.69 Å². The van der Waals surface area contributed by atoms with Crippen molar-refractivity contribution in [3.8, 4) is 6.07 Å². The van der Waals surface area contributed by atoms with Crippen molar-refractivity contribution in [3.05, 3.63) is 107 Å².